The summed E-state index contributed by atoms with van der Waals surface area (Å²) in [5.41, 5.74) is 0.557. The highest BCUT2D eigenvalue weighted by molar-refractivity contribution is 7.71. The molecule has 8 heteroatoms. The minimum Gasteiger partial charge on any atom is -0.353 e. The van der Waals surface area contributed by atoms with Gasteiger partial charge < -0.3 is 5.32 Å². The molecule has 7 nitrogen and oxygen atoms in total. The van der Waals surface area contributed by atoms with Crippen molar-refractivity contribution in [2.24, 2.45) is 0 Å². The zero-order chi connectivity index (χ0) is 18.1. The van der Waals surface area contributed by atoms with Gasteiger partial charge in [-0.15, -0.1) is 5.10 Å². The maximum absolute atomic E-state index is 12.9. The summed E-state index contributed by atoms with van der Waals surface area (Å²) in [4.78, 5) is 25.2. The van der Waals surface area contributed by atoms with Crippen molar-refractivity contribution in [3.8, 4) is 0 Å². The summed E-state index contributed by atoms with van der Waals surface area (Å²) in [5, 5.41) is 10.6. The number of para-hydroxylation sites is 1. The van der Waals surface area contributed by atoms with Crippen molar-refractivity contribution >= 4 is 34.8 Å². The van der Waals surface area contributed by atoms with E-state index in [0.29, 0.717) is 21.5 Å². The SMILES string of the molecule is O=C(CCn1c(=O)c2ccccc2n2c(=S)[nH]nc12)NC1CCCCC1. The van der Waals surface area contributed by atoms with Crippen LogP contribution in [-0.4, -0.2) is 31.1 Å². The monoisotopic (exact) mass is 371 g/mol. The van der Waals surface area contributed by atoms with Crippen LogP contribution < -0.4 is 10.9 Å². The van der Waals surface area contributed by atoms with Crippen molar-refractivity contribution in [2.75, 3.05) is 0 Å². The Morgan fingerprint density at radius 1 is 1.27 bits per heavy atom. The number of rotatable bonds is 4. The van der Waals surface area contributed by atoms with E-state index in [0.717, 1.165) is 12.8 Å². The van der Waals surface area contributed by atoms with Gasteiger partial charge in [0.05, 0.1) is 10.9 Å². The van der Waals surface area contributed by atoms with Gasteiger partial charge in [0.15, 0.2) is 0 Å². The number of fused-ring (bicyclic) bond motifs is 3. The number of carbonyl (C=O) groups excluding carboxylic acids is 1. The second-order valence-corrected chi connectivity index (χ2v) is 7.18. The van der Waals surface area contributed by atoms with Crippen molar-refractivity contribution in [3.63, 3.8) is 0 Å². The van der Waals surface area contributed by atoms with Gasteiger partial charge in [0, 0.05) is 19.0 Å². The van der Waals surface area contributed by atoms with Crippen LogP contribution in [0, 0.1) is 4.77 Å². The van der Waals surface area contributed by atoms with Crippen molar-refractivity contribution in [2.45, 2.75) is 51.1 Å². The Labute approximate surface area is 155 Å². The van der Waals surface area contributed by atoms with E-state index in [1.54, 1.807) is 10.5 Å². The fourth-order valence-electron chi connectivity index (χ4n) is 3.73. The largest absolute Gasteiger partial charge is 0.353 e. The van der Waals surface area contributed by atoms with E-state index in [9.17, 15) is 9.59 Å². The number of hydrogen-bond donors (Lipinski definition) is 2. The smallest absolute Gasteiger partial charge is 0.262 e. The number of aromatic amines is 1. The molecule has 1 saturated carbocycles. The van der Waals surface area contributed by atoms with E-state index in [2.05, 4.69) is 15.5 Å². The summed E-state index contributed by atoms with van der Waals surface area (Å²) in [6.07, 6.45) is 5.91. The summed E-state index contributed by atoms with van der Waals surface area (Å²) in [6.45, 7) is 0.269. The van der Waals surface area contributed by atoms with Crippen molar-refractivity contribution < 1.29 is 4.79 Å². The van der Waals surface area contributed by atoms with E-state index in [1.165, 1.54) is 23.8 Å². The van der Waals surface area contributed by atoms with Crippen LogP contribution in [0.1, 0.15) is 38.5 Å². The van der Waals surface area contributed by atoms with E-state index < -0.39 is 0 Å². The number of nitrogens with one attached hydrogen (secondary N) is 2. The standard InChI is InChI=1S/C18H21N5O2S/c24-15(19-12-6-2-1-3-7-12)10-11-22-16(25)13-8-4-5-9-14(13)23-17(22)20-21-18(23)26/h4-5,8-9,12H,1-3,6-7,10-11H2,(H,19,24)(H,21,26). The van der Waals surface area contributed by atoms with Crippen molar-refractivity contribution in [3.05, 3.63) is 39.4 Å². The third kappa shape index (κ3) is 3.05. The van der Waals surface area contributed by atoms with Crippen LogP contribution >= 0.6 is 12.2 Å². The number of carbonyl (C=O) groups is 1. The Balaban J connectivity index is 1.63. The summed E-state index contributed by atoms with van der Waals surface area (Å²) < 4.78 is 3.69. The van der Waals surface area contributed by atoms with Gasteiger partial charge >= 0.3 is 0 Å². The average molecular weight is 371 g/mol. The zero-order valence-electron chi connectivity index (χ0n) is 14.4. The molecule has 0 spiro atoms. The lowest BCUT2D eigenvalue weighted by Gasteiger charge is -2.22. The molecule has 0 saturated heterocycles. The Hall–Kier alpha value is -2.48. The van der Waals surface area contributed by atoms with Crippen LogP contribution in [0.2, 0.25) is 0 Å². The molecule has 2 aromatic heterocycles. The second kappa shape index (κ2) is 7.03. The molecule has 26 heavy (non-hydrogen) atoms. The Morgan fingerprint density at radius 3 is 2.85 bits per heavy atom. The molecule has 0 bridgehead atoms. The fraction of sp³-hybridized carbons (Fsp3) is 0.444. The summed E-state index contributed by atoms with van der Waals surface area (Å²) >= 11 is 5.31. The third-order valence-corrected chi connectivity index (χ3v) is 5.32. The van der Waals surface area contributed by atoms with Crippen LogP contribution in [0.15, 0.2) is 29.1 Å². The molecule has 1 aliphatic rings. The number of benzene rings is 1. The maximum atomic E-state index is 12.9. The lowest BCUT2D eigenvalue weighted by atomic mass is 9.95. The molecular formula is C18H21N5O2S. The first-order valence-corrected chi connectivity index (χ1v) is 9.44. The van der Waals surface area contributed by atoms with Crippen LogP contribution in [0.5, 0.6) is 0 Å². The van der Waals surface area contributed by atoms with Gasteiger partial charge in [-0.2, -0.15) is 0 Å². The Bertz CT molecular complexity index is 1070. The molecule has 136 valence electrons. The number of hydrogen-bond acceptors (Lipinski definition) is 4. The van der Waals surface area contributed by atoms with Crippen LogP contribution in [-0.2, 0) is 11.3 Å². The highest BCUT2D eigenvalue weighted by atomic mass is 32.1. The lowest BCUT2D eigenvalue weighted by Crippen LogP contribution is -2.37. The number of aromatic nitrogens is 4. The third-order valence-electron chi connectivity index (χ3n) is 5.05. The number of nitrogens with zero attached hydrogens (tertiary/aromatic N) is 3. The zero-order valence-corrected chi connectivity index (χ0v) is 15.2. The normalized spacial score (nSPS) is 15.5. The maximum Gasteiger partial charge on any atom is 0.262 e. The molecule has 2 heterocycles. The van der Waals surface area contributed by atoms with Crippen molar-refractivity contribution in [1.82, 2.24) is 24.5 Å². The first kappa shape index (κ1) is 17.0. The first-order valence-electron chi connectivity index (χ1n) is 9.03. The molecule has 0 atom stereocenters. The highest BCUT2D eigenvalue weighted by Gasteiger charge is 2.17. The van der Waals surface area contributed by atoms with E-state index in [-0.39, 0.29) is 30.5 Å². The van der Waals surface area contributed by atoms with Crippen LogP contribution in [0.4, 0.5) is 0 Å². The number of amides is 1. The molecular weight excluding hydrogens is 350 g/mol. The van der Waals surface area contributed by atoms with Gasteiger partial charge in [-0.05, 0) is 37.2 Å². The molecule has 1 aromatic carbocycles. The van der Waals surface area contributed by atoms with Crippen LogP contribution in [0.25, 0.3) is 16.7 Å². The molecule has 1 aliphatic carbocycles. The molecule has 1 fully saturated rings. The van der Waals surface area contributed by atoms with E-state index in [4.69, 9.17) is 12.2 Å². The second-order valence-electron chi connectivity index (χ2n) is 6.79. The molecule has 0 unspecified atom stereocenters. The minimum absolute atomic E-state index is 0.0239. The number of H-pyrrole nitrogens is 1. The van der Waals surface area contributed by atoms with Gasteiger partial charge in [-0.3, -0.25) is 18.6 Å². The average Bonchev–Trinajstić information content (AvgIpc) is 3.04. The lowest BCUT2D eigenvalue weighted by molar-refractivity contribution is -0.122. The van der Waals surface area contributed by atoms with Crippen LogP contribution in [0.3, 0.4) is 0 Å². The molecule has 3 aromatic rings. The predicted octanol–water partition coefficient (Wildman–Crippen LogP) is 2.55. The molecule has 2 N–H and O–H groups in total. The predicted molar refractivity (Wildman–Crippen MR) is 102 cm³/mol. The Morgan fingerprint density at radius 2 is 2.04 bits per heavy atom. The summed E-state index contributed by atoms with van der Waals surface area (Å²) in [7, 11) is 0. The highest BCUT2D eigenvalue weighted by Crippen LogP contribution is 2.17. The Kier molecular flexibility index (Phi) is 4.58. The molecule has 0 aliphatic heterocycles. The molecule has 1 amide bonds. The van der Waals surface area contributed by atoms with E-state index >= 15 is 0 Å². The summed E-state index contributed by atoms with van der Waals surface area (Å²) in [6, 6.07) is 7.56. The van der Waals surface area contributed by atoms with Crippen molar-refractivity contribution in [1.29, 1.82) is 0 Å². The van der Waals surface area contributed by atoms with Gasteiger partial charge in [0.25, 0.3) is 5.56 Å². The van der Waals surface area contributed by atoms with E-state index in [1.807, 2.05) is 18.2 Å². The van der Waals surface area contributed by atoms with Gasteiger partial charge in [-0.1, -0.05) is 31.4 Å². The molecule has 4 rings (SSSR count). The van der Waals surface area contributed by atoms with Gasteiger partial charge in [0.2, 0.25) is 16.5 Å². The fourth-order valence-corrected chi connectivity index (χ4v) is 3.96. The summed E-state index contributed by atoms with van der Waals surface area (Å²) in [5.74, 6) is 0.411. The minimum atomic E-state index is -0.160. The first-order chi connectivity index (χ1) is 12.6. The number of aryl methyl sites for hydroxylation is 1. The quantitative estimate of drug-likeness (QED) is 0.691. The topological polar surface area (TPSA) is 84.2 Å². The molecule has 0 radical (unpaired) electrons. The van der Waals surface area contributed by atoms with Gasteiger partial charge in [0.1, 0.15) is 0 Å². The van der Waals surface area contributed by atoms with Gasteiger partial charge in [-0.25, -0.2) is 5.10 Å².